The summed E-state index contributed by atoms with van der Waals surface area (Å²) in [6, 6.07) is 4.13. The number of hydrogen-bond acceptors (Lipinski definition) is 2. The van der Waals surface area contributed by atoms with E-state index in [2.05, 4.69) is 28.1 Å². The molecule has 0 amide bonds. The molecule has 1 aromatic carbocycles. The van der Waals surface area contributed by atoms with Crippen LogP contribution in [-0.4, -0.2) is 7.11 Å². The fourth-order valence-corrected chi connectivity index (χ4v) is 3.08. The third kappa shape index (κ3) is 1.53. The zero-order valence-electron chi connectivity index (χ0n) is 7.51. The highest BCUT2D eigenvalue weighted by Crippen LogP contribution is 2.39. The molecule has 2 rings (SSSR count). The van der Waals surface area contributed by atoms with E-state index in [0.29, 0.717) is 0 Å². The number of halogens is 2. The summed E-state index contributed by atoms with van der Waals surface area (Å²) in [5.41, 5.74) is 1.13. The van der Waals surface area contributed by atoms with E-state index in [9.17, 15) is 0 Å². The molecule has 0 spiro atoms. The molecule has 0 saturated heterocycles. The molecular weight excluding hydrogens is 284 g/mol. The average Bonchev–Trinajstić information content (AvgIpc) is 2.59. The van der Waals surface area contributed by atoms with Gasteiger partial charge in [-0.1, -0.05) is 33.6 Å². The molecule has 1 aromatic heterocycles. The molecule has 74 valence electrons. The first-order valence-electron chi connectivity index (χ1n) is 4.06. The van der Waals surface area contributed by atoms with E-state index in [1.807, 2.05) is 5.38 Å². The minimum Gasteiger partial charge on any atom is -0.496 e. The van der Waals surface area contributed by atoms with Crippen molar-refractivity contribution >= 4 is 49.0 Å². The van der Waals surface area contributed by atoms with Gasteiger partial charge in [0.1, 0.15) is 5.75 Å². The summed E-state index contributed by atoms with van der Waals surface area (Å²) in [6.45, 7) is 0. The number of thiophene rings is 1. The Labute approximate surface area is 99.8 Å². The molecule has 1 nitrogen and oxygen atoms in total. The van der Waals surface area contributed by atoms with Gasteiger partial charge < -0.3 is 4.74 Å². The summed E-state index contributed by atoms with van der Waals surface area (Å²) < 4.78 is 6.54. The van der Waals surface area contributed by atoms with Gasteiger partial charge in [-0.3, -0.25) is 0 Å². The van der Waals surface area contributed by atoms with E-state index in [0.717, 1.165) is 31.8 Å². The Kier molecular flexibility index (Phi) is 3.00. The molecule has 0 aliphatic rings. The van der Waals surface area contributed by atoms with E-state index < -0.39 is 0 Å². The van der Waals surface area contributed by atoms with Crippen LogP contribution < -0.4 is 4.74 Å². The highest BCUT2D eigenvalue weighted by Gasteiger charge is 2.11. The molecular formula is C10H8BrClOS. The second-order valence-electron chi connectivity index (χ2n) is 2.85. The fourth-order valence-electron chi connectivity index (χ4n) is 1.44. The summed E-state index contributed by atoms with van der Waals surface area (Å²) in [5, 5.41) is 4.51. The molecule has 0 aliphatic carbocycles. The van der Waals surface area contributed by atoms with Crippen LogP contribution in [-0.2, 0) is 5.33 Å². The molecule has 0 bridgehead atoms. The molecule has 4 heteroatoms. The Hall–Kier alpha value is -0.250. The molecule has 2 aromatic rings. The lowest BCUT2D eigenvalue weighted by molar-refractivity contribution is 0.416. The van der Waals surface area contributed by atoms with E-state index in [1.165, 1.54) is 0 Å². The van der Waals surface area contributed by atoms with Crippen molar-refractivity contribution in [2.75, 3.05) is 7.11 Å². The topological polar surface area (TPSA) is 9.23 Å². The lowest BCUT2D eigenvalue weighted by Crippen LogP contribution is -1.89. The molecule has 0 radical (unpaired) electrons. The van der Waals surface area contributed by atoms with Gasteiger partial charge in [0.2, 0.25) is 0 Å². The number of hydrogen-bond donors (Lipinski definition) is 0. The average molecular weight is 292 g/mol. The molecule has 0 aliphatic heterocycles. The van der Waals surface area contributed by atoms with Gasteiger partial charge in [-0.25, -0.2) is 0 Å². The van der Waals surface area contributed by atoms with Crippen LogP contribution in [0.5, 0.6) is 5.75 Å². The lowest BCUT2D eigenvalue weighted by Gasteiger charge is -2.07. The smallest absolute Gasteiger partial charge is 0.133 e. The van der Waals surface area contributed by atoms with Crippen molar-refractivity contribution in [2.24, 2.45) is 0 Å². The first-order valence-corrected chi connectivity index (χ1v) is 6.44. The summed E-state index contributed by atoms with van der Waals surface area (Å²) in [4.78, 5) is 0. The van der Waals surface area contributed by atoms with Crippen molar-refractivity contribution < 1.29 is 4.74 Å². The van der Waals surface area contributed by atoms with Crippen LogP contribution >= 0.6 is 38.9 Å². The zero-order chi connectivity index (χ0) is 10.1. The van der Waals surface area contributed by atoms with E-state index in [-0.39, 0.29) is 0 Å². The number of fused-ring (bicyclic) bond motifs is 1. The monoisotopic (exact) mass is 290 g/mol. The first-order chi connectivity index (χ1) is 6.77. The maximum Gasteiger partial charge on any atom is 0.133 e. The minimum atomic E-state index is 0.768. The van der Waals surface area contributed by atoms with E-state index >= 15 is 0 Å². The number of benzene rings is 1. The van der Waals surface area contributed by atoms with E-state index in [1.54, 1.807) is 18.4 Å². The molecule has 14 heavy (non-hydrogen) atoms. The lowest BCUT2D eigenvalue weighted by atomic mass is 10.1. The molecule has 0 saturated carbocycles. The third-order valence-electron chi connectivity index (χ3n) is 2.08. The van der Waals surface area contributed by atoms with Crippen LogP contribution in [0.1, 0.15) is 5.56 Å². The quantitative estimate of drug-likeness (QED) is 0.742. The molecule has 0 fully saturated rings. The van der Waals surface area contributed by atoms with Crippen molar-refractivity contribution in [1.29, 1.82) is 0 Å². The van der Waals surface area contributed by atoms with Crippen LogP contribution in [0.4, 0.5) is 0 Å². The van der Waals surface area contributed by atoms with Gasteiger partial charge in [0.05, 0.1) is 17.5 Å². The van der Waals surface area contributed by atoms with Crippen molar-refractivity contribution in [1.82, 2.24) is 0 Å². The molecule has 0 atom stereocenters. The van der Waals surface area contributed by atoms with Gasteiger partial charge in [0.15, 0.2) is 0 Å². The van der Waals surface area contributed by atoms with Crippen molar-refractivity contribution in [3.63, 3.8) is 0 Å². The van der Waals surface area contributed by atoms with Gasteiger partial charge in [0.25, 0.3) is 0 Å². The van der Waals surface area contributed by atoms with Crippen LogP contribution in [0.2, 0.25) is 5.02 Å². The molecule has 0 N–H and O–H groups in total. The summed E-state index contributed by atoms with van der Waals surface area (Å²) in [6.07, 6.45) is 0. The second kappa shape index (κ2) is 4.09. The van der Waals surface area contributed by atoms with Crippen LogP contribution in [0.25, 0.3) is 10.1 Å². The Morgan fingerprint density at radius 2 is 2.29 bits per heavy atom. The Morgan fingerprint density at radius 3 is 2.93 bits per heavy atom. The summed E-state index contributed by atoms with van der Waals surface area (Å²) >= 11 is 11.2. The van der Waals surface area contributed by atoms with Gasteiger partial charge in [-0.15, -0.1) is 11.3 Å². The number of rotatable bonds is 2. The normalized spacial score (nSPS) is 10.8. The maximum atomic E-state index is 6.10. The Bertz CT molecular complexity index is 466. The second-order valence-corrected chi connectivity index (χ2v) is 4.73. The number of ether oxygens (including phenoxy) is 1. The van der Waals surface area contributed by atoms with Crippen molar-refractivity contribution in [3.05, 3.63) is 28.1 Å². The standard InChI is InChI=1S/C10H8BrClOS/c1-13-10-6(4-11)2-3-8-9(10)7(12)5-14-8/h2-3,5H,4H2,1H3. The largest absolute Gasteiger partial charge is 0.496 e. The Morgan fingerprint density at radius 1 is 1.50 bits per heavy atom. The van der Waals surface area contributed by atoms with Crippen molar-refractivity contribution in [2.45, 2.75) is 5.33 Å². The SMILES string of the molecule is COc1c(CBr)ccc2scc(Cl)c12. The first kappa shape index (κ1) is 10.3. The predicted octanol–water partition coefficient (Wildman–Crippen LogP) is 4.46. The number of alkyl halides is 1. The number of methoxy groups -OCH3 is 1. The van der Waals surface area contributed by atoms with Gasteiger partial charge in [0, 0.05) is 21.0 Å². The third-order valence-corrected chi connectivity index (χ3v) is 4.06. The van der Waals surface area contributed by atoms with E-state index in [4.69, 9.17) is 16.3 Å². The highest BCUT2D eigenvalue weighted by atomic mass is 79.9. The maximum absolute atomic E-state index is 6.10. The van der Waals surface area contributed by atoms with Crippen LogP contribution in [0.3, 0.4) is 0 Å². The van der Waals surface area contributed by atoms with Crippen molar-refractivity contribution in [3.8, 4) is 5.75 Å². The van der Waals surface area contributed by atoms with Gasteiger partial charge >= 0.3 is 0 Å². The molecule has 1 heterocycles. The summed E-state index contributed by atoms with van der Waals surface area (Å²) in [7, 11) is 1.68. The summed E-state index contributed by atoms with van der Waals surface area (Å²) in [5.74, 6) is 0.880. The fraction of sp³-hybridized carbons (Fsp3) is 0.200. The van der Waals surface area contributed by atoms with Gasteiger partial charge in [-0.2, -0.15) is 0 Å². The zero-order valence-corrected chi connectivity index (χ0v) is 10.7. The molecule has 0 unspecified atom stereocenters. The predicted molar refractivity (Wildman–Crippen MR) is 66.0 cm³/mol. The minimum absolute atomic E-state index is 0.768. The highest BCUT2D eigenvalue weighted by molar-refractivity contribution is 9.08. The van der Waals surface area contributed by atoms with Crippen LogP contribution in [0, 0.1) is 0 Å². The van der Waals surface area contributed by atoms with Crippen LogP contribution in [0.15, 0.2) is 17.5 Å². The Balaban J connectivity index is 2.81. The van der Waals surface area contributed by atoms with Gasteiger partial charge in [-0.05, 0) is 6.07 Å².